The SMILES string of the molecule is CCCCCCC/C=C\C/C=C\C/C=C\CCCCCCCCCCCCCCCCCCC(=O)NC(COC1OC(CO)C(OC2OC(CO)C(OC3OC(CO)C(O)C(O)C3O)C(O)C2O)C(O)C1O)C(O)CCCCCCCCCC. The maximum atomic E-state index is 13.3. The van der Waals surface area contributed by atoms with Crippen molar-refractivity contribution in [1.82, 2.24) is 5.32 Å². The summed E-state index contributed by atoms with van der Waals surface area (Å²) in [6.45, 7) is 1.74. The van der Waals surface area contributed by atoms with Crippen LogP contribution in [0.1, 0.15) is 239 Å². The lowest BCUT2D eigenvalue weighted by Gasteiger charge is -2.48. The van der Waals surface area contributed by atoms with Gasteiger partial charge in [0.25, 0.3) is 0 Å². The number of amides is 1. The molecule has 0 radical (unpaired) electrons. The molecule has 3 heterocycles. The molecule has 1 amide bonds. The number of hydrogen-bond donors (Lipinski definition) is 12. The molecule has 3 saturated heterocycles. The van der Waals surface area contributed by atoms with Crippen molar-refractivity contribution in [2.75, 3.05) is 26.4 Å². The number of rotatable bonds is 50. The molecule has 492 valence electrons. The lowest BCUT2D eigenvalue weighted by Crippen LogP contribution is -2.66. The van der Waals surface area contributed by atoms with E-state index in [1.165, 1.54) is 148 Å². The average molecular weight is 1200 g/mol. The van der Waals surface area contributed by atoms with Crippen molar-refractivity contribution in [3.63, 3.8) is 0 Å². The minimum absolute atomic E-state index is 0.245. The van der Waals surface area contributed by atoms with Gasteiger partial charge in [-0.15, -0.1) is 0 Å². The number of allylic oxidation sites excluding steroid dienone is 6. The number of carbonyl (C=O) groups is 1. The summed E-state index contributed by atoms with van der Waals surface area (Å²) in [5.41, 5.74) is 0. The van der Waals surface area contributed by atoms with Crippen molar-refractivity contribution in [3.8, 4) is 0 Å². The van der Waals surface area contributed by atoms with Crippen LogP contribution < -0.4 is 5.32 Å². The Hall–Kier alpha value is -1.99. The smallest absolute Gasteiger partial charge is 0.220 e. The van der Waals surface area contributed by atoms with Crippen LogP contribution in [0.5, 0.6) is 0 Å². The van der Waals surface area contributed by atoms with Gasteiger partial charge in [-0.2, -0.15) is 0 Å². The molecule has 0 bridgehead atoms. The molecule has 19 heteroatoms. The van der Waals surface area contributed by atoms with E-state index in [4.69, 9.17) is 28.4 Å². The van der Waals surface area contributed by atoms with Gasteiger partial charge in [-0.05, 0) is 51.4 Å². The molecule has 0 spiro atoms. The van der Waals surface area contributed by atoms with Crippen molar-refractivity contribution in [1.29, 1.82) is 0 Å². The summed E-state index contributed by atoms with van der Waals surface area (Å²) in [6.07, 6.45) is 27.0. The van der Waals surface area contributed by atoms with Gasteiger partial charge in [0.05, 0.1) is 38.6 Å². The number of unbranched alkanes of at least 4 members (excludes halogenated alkanes) is 28. The second-order valence-electron chi connectivity index (χ2n) is 23.9. The number of hydrogen-bond acceptors (Lipinski definition) is 18. The van der Waals surface area contributed by atoms with Gasteiger partial charge in [-0.3, -0.25) is 4.79 Å². The average Bonchev–Trinajstić information content (AvgIpc) is 2.91. The summed E-state index contributed by atoms with van der Waals surface area (Å²) in [4.78, 5) is 13.3. The molecule has 3 fully saturated rings. The van der Waals surface area contributed by atoms with E-state index in [1.807, 2.05) is 0 Å². The second kappa shape index (κ2) is 47.9. The normalized spacial score (nSPS) is 29.4. The van der Waals surface area contributed by atoms with Crippen molar-refractivity contribution in [2.24, 2.45) is 0 Å². The van der Waals surface area contributed by atoms with E-state index >= 15 is 0 Å². The Labute approximate surface area is 504 Å². The van der Waals surface area contributed by atoms with E-state index in [1.54, 1.807) is 0 Å². The maximum absolute atomic E-state index is 13.3. The van der Waals surface area contributed by atoms with E-state index < -0.39 is 124 Å². The largest absolute Gasteiger partial charge is 0.394 e. The lowest BCUT2D eigenvalue weighted by atomic mass is 9.96. The minimum Gasteiger partial charge on any atom is -0.394 e. The van der Waals surface area contributed by atoms with Crippen LogP contribution in [0.4, 0.5) is 0 Å². The summed E-state index contributed by atoms with van der Waals surface area (Å²) < 4.78 is 34.3. The molecule has 0 aromatic rings. The van der Waals surface area contributed by atoms with Gasteiger partial charge >= 0.3 is 0 Å². The van der Waals surface area contributed by atoms with E-state index in [-0.39, 0.29) is 18.9 Å². The van der Waals surface area contributed by atoms with Crippen LogP contribution in [0, 0.1) is 0 Å². The van der Waals surface area contributed by atoms with Crippen LogP contribution in [-0.2, 0) is 33.2 Å². The highest BCUT2D eigenvalue weighted by Crippen LogP contribution is 2.33. The Balaban J connectivity index is 1.33. The molecule has 3 rings (SSSR count). The first-order valence-corrected chi connectivity index (χ1v) is 33.2. The Morgan fingerprint density at radius 1 is 0.429 bits per heavy atom. The number of nitrogens with one attached hydrogen (secondary N) is 1. The first-order valence-electron chi connectivity index (χ1n) is 33.2. The zero-order chi connectivity index (χ0) is 61.2. The van der Waals surface area contributed by atoms with Gasteiger partial charge in [0.15, 0.2) is 18.9 Å². The Kier molecular flexibility index (Phi) is 43.5. The van der Waals surface area contributed by atoms with Crippen LogP contribution in [-0.4, -0.2) is 193 Å². The van der Waals surface area contributed by atoms with E-state index in [0.717, 1.165) is 57.8 Å². The van der Waals surface area contributed by atoms with Crippen LogP contribution >= 0.6 is 0 Å². The molecule has 12 N–H and O–H groups in total. The lowest BCUT2D eigenvalue weighted by molar-refractivity contribution is -0.379. The van der Waals surface area contributed by atoms with Crippen molar-refractivity contribution in [3.05, 3.63) is 36.5 Å². The van der Waals surface area contributed by atoms with Gasteiger partial charge < -0.3 is 89.9 Å². The molecule has 0 saturated carbocycles. The standard InChI is InChI=1S/C65H119NO18/c1-3-5-7-9-11-13-14-15-16-17-18-19-20-21-22-23-24-25-26-27-28-29-30-31-32-33-34-35-37-39-41-43-53(71)66-48(49(70)42-40-38-36-12-10-8-6-4-2)47-79-63-59(77)56(74)61(51(45-68)81-63)84-65-60(78)57(75)62(52(46-69)82-65)83-64-58(76)55(73)54(72)50(44-67)80-64/h14-15,17-18,20-21,48-52,54-65,67-70,72-78H,3-13,16,19,22-47H2,1-2H3,(H,66,71)/b15-14-,18-17-,21-20-. The second-order valence-corrected chi connectivity index (χ2v) is 23.9. The first kappa shape index (κ1) is 76.3. The Bertz CT molecular complexity index is 1670. The molecule has 3 aliphatic rings. The number of carbonyl (C=O) groups excluding carboxylic acids is 1. The van der Waals surface area contributed by atoms with Crippen LogP contribution in [0.3, 0.4) is 0 Å². The van der Waals surface area contributed by atoms with Gasteiger partial charge in [-0.1, -0.05) is 217 Å². The number of aliphatic hydroxyl groups is 11. The Morgan fingerprint density at radius 3 is 1.23 bits per heavy atom. The van der Waals surface area contributed by atoms with E-state index in [0.29, 0.717) is 12.8 Å². The van der Waals surface area contributed by atoms with Crippen molar-refractivity contribution >= 4 is 5.91 Å². The summed E-state index contributed by atoms with van der Waals surface area (Å²) >= 11 is 0. The molecule has 0 aromatic carbocycles. The first-order chi connectivity index (χ1) is 40.8. The molecular weight excluding hydrogens is 1080 g/mol. The summed E-state index contributed by atoms with van der Waals surface area (Å²) in [5.74, 6) is -0.245. The predicted molar refractivity (Wildman–Crippen MR) is 323 cm³/mol. The maximum Gasteiger partial charge on any atom is 0.220 e. The highest BCUT2D eigenvalue weighted by molar-refractivity contribution is 5.76. The number of ether oxygens (including phenoxy) is 6. The molecule has 0 aliphatic carbocycles. The van der Waals surface area contributed by atoms with Crippen LogP contribution in [0.15, 0.2) is 36.5 Å². The van der Waals surface area contributed by atoms with Gasteiger partial charge in [0, 0.05) is 6.42 Å². The Morgan fingerprint density at radius 2 is 0.786 bits per heavy atom. The highest BCUT2D eigenvalue weighted by Gasteiger charge is 2.53. The fraction of sp³-hybridized carbons (Fsp3) is 0.892. The molecule has 3 aliphatic heterocycles. The third kappa shape index (κ3) is 30.5. The molecule has 17 unspecified atom stereocenters. The zero-order valence-corrected chi connectivity index (χ0v) is 51.6. The van der Waals surface area contributed by atoms with Crippen LogP contribution in [0.25, 0.3) is 0 Å². The van der Waals surface area contributed by atoms with Crippen molar-refractivity contribution < 1.29 is 89.4 Å². The van der Waals surface area contributed by atoms with Gasteiger partial charge in [-0.25, -0.2) is 0 Å². The molecule has 84 heavy (non-hydrogen) atoms. The highest BCUT2D eigenvalue weighted by atomic mass is 16.8. The molecular formula is C65H119NO18. The van der Waals surface area contributed by atoms with Crippen LogP contribution in [0.2, 0.25) is 0 Å². The predicted octanol–water partition coefficient (Wildman–Crippen LogP) is 7.66. The fourth-order valence-electron chi connectivity index (χ4n) is 11.3. The quantitative estimate of drug-likeness (QED) is 0.0205. The number of aliphatic hydroxyl groups excluding tert-OH is 11. The summed E-state index contributed by atoms with van der Waals surface area (Å²) in [7, 11) is 0. The summed E-state index contributed by atoms with van der Waals surface area (Å²) in [5, 5.41) is 120. The topological polar surface area (TPSA) is 307 Å². The third-order valence-corrected chi connectivity index (χ3v) is 16.7. The third-order valence-electron chi connectivity index (χ3n) is 16.7. The summed E-state index contributed by atoms with van der Waals surface area (Å²) in [6, 6.07) is -0.884. The fourth-order valence-corrected chi connectivity index (χ4v) is 11.3. The van der Waals surface area contributed by atoms with E-state index in [2.05, 4.69) is 55.6 Å². The van der Waals surface area contributed by atoms with E-state index in [9.17, 15) is 61.0 Å². The van der Waals surface area contributed by atoms with Gasteiger partial charge in [0.2, 0.25) is 5.91 Å². The monoisotopic (exact) mass is 1200 g/mol. The zero-order valence-electron chi connectivity index (χ0n) is 51.6. The molecule has 17 atom stereocenters. The van der Waals surface area contributed by atoms with Crippen molar-refractivity contribution in [2.45, 2.75) is 343 Å². The molecule has 19 nitrogen and oxygen atoms in total. The minimum atomic E-state index is -1.97. The molecule has 0 aromatic heterocycles. The van der Waals surface area contributed by atoms with Gasteiger partial charge in [0.1, 0.15) is 73.2 Å².